The second kappa shape index (κ2) is 4.61. The van der Waals surface area contributed by atoms with E-state index in [-0.39, 0.29) is 0 Å². The summed E-state index contributed by atoms with van der Waals surface area (Å²) in [6.45, 7) is 1.80. The second-order valence-corrected chi connectivity index (χ2v) is 4.33. The van der Waals surface area contributed by atoms with Crippen molar-refractivity contribution in [1.82, 2.24) is 0 Å². The van der Waals surface area contributed by atoms with Gasteiger partial charge in [0.15, 0.2) is 0 Å². The highest BCUT2D eigenvalue weighted by molar-refractivity contribution is 5.69. The van der Waals surface area contributed by atoms with Crippen LogP contribution in [0.1, 0.15) is 12.8 Å². The Hall–Kier alpha value is -1.42. The predicted octanol–water partition coefficient (Wildman–Crippen LogP) is 1.47. The van der Waals surface area contributed by atoms with Crippen molar-refractivity contribution in [2.45, 2.75) is 18.9 Å². The highest BCUT2D eigenvalue weighted by atomic mass is 16.5. The number of benzene rings is 1. The van der Waals surface area contributed by atoms with Crippen LogP contribution >= 0.6 is 0 Å². The van der Waals surface area contributed by atoms with Gasteiger partial charge in [0.05, 0.1) is 17.5 Å². The van der Waals surface area contributed by atoms with Crippen LogP contribution in [0.4, 0.5) is 17.1 Å². The van der Waals surface area contributed by atoms with Crippen molar-refractivity contribution in [3.8, 4) is 0 Å². The maximum absolute atomic E-state index is 5.78. The van der Waals surface area contributed by atoms with E-state index in [2.05, 4.69) is 4.90 Å². The Kier molecular flexibility index (Phi) is 3.19. The van der Waals surface area contributed by atoms with Crippen LogP contribution in [0.3, 0.4) is 0 Å². The molecule has 1 aromatic rings. The highest BCUT2D eigenvalue weighted by Crippen LogP contribution is 2.23. The van der Waals surface area contributed by atoms with E-state index in [1.165, 1.54) is 6.42 Å². The van der Waals surface area contributed by atoms with Gasteiger partial charge in [-0.25, -0.2) is 0 Å². The quantitative estimate of drug-likeness (QED) is 0.759. The summed E-state index contributed by atoms with van der Waals surface area (Å²) in [6, 6.07) is 5.74. The second-order valence-electron chi connectivity index (χ2n) is 4.33. The van der Waals surface area contributed by atoms with Crippen molar-refractivity contribution in [3.05, 3.63) is 18.2 Å². The van der Waals surface area contributed by atoms with Gasteiger partial charge < -0.3 is 21.1 Å². The molecular formula is C12H19N3O. The lowest BCUT2D eigenvalue weighted by molar-refractivity contribution is 0.116. The molecule has 1 aliphatic rings. The van der Waals surface area contributed by atoms with E-state index in [1.807, 2.05) is 25.2 Å². The van der Waals surface area contributed by atoms with E-state index in [1.54, 1.807) is 0 Å². The molecule has 1 aliphatic heterocycles. The van der Waals surface area contributed by atoms with Crippen molar-refractivity contribution >= 4 is 17.1 Å². The molecule has 1 atom stereocenters. The molecule has 88 valence electrons. The Morgan fingerprint density at radius 2 is 2.19 bits per heavy atom. The summed E-state index contributed by atoms with van der Waals surface area (Å²) in [4.78, 5) is 2.16. The molecule has 1 saturated heterocycles. The van der Waals surface area contributed by atoms with Crippen molar-refractivity contribution in [3.63, 3.8) is 0 Å². The first-order valence-electron chi connectivity index (χ1n) is 5.64. The van der Waals surface area contributed by atoms with Crippen LogP contribution in [-0.4, -0.2) is 26.3 Å². The molecule has 4 nitrogen and oxygen atoms in total. The number of likely N-dealkylation sites (N-methyl/N-ethyl adjacent to an activating group) is 1. The number of anilines is 3. The van der Waals surface area contributed by atoms with Gasteiger partial charge in [0, 0.05) is 25.9 Å². The van der Waals surface area contributed by atoms with Crippen LogP contribution in [0.5, 0.6) is 0 Å². The van der Waals surface area contributed by atoms with Crippen LogP contribution < -0.4 is 16.4 Å². The minimum atomic E-state index is 0.351. The summed E-state index contributed by atoms with van der Waals surface area (Å²) in [5, 5.41) is 0. The van der Waals surface area contributed by atoms with Crippen LogP contribution in [0.2, 0.25) is 0 Å². The molecule has 2 rings (SSSR count). The van der Waals surface area contributed by atoms with Crippen LogP contribution in [-0.2, 0) is 4.74 Å². The summed E-state index contributed by atoms with van der Waals surface area (Å²) in [7, 11) is 2.05. The minimum absolute atomic E-state index is 0.351. The number of nitrogens with two attached hydrogens (primary N) is 2. The first-order chi connectivity index (χ1) is 7.66. The molecule has 0 aliphatic carbocycles. The molecule has 1 heterocycles. The van der Waals surface area contributed by atoms with E-state index >= 15 is 0 Å². The summed E-state index contributed by atoms with van der Waals surface area (Å²) < 4.78 is 5.60. The van der Waals surface area contributed by atoms with Gasteiger partial charge in [0.2, 0.25) is 0 Å². The monoisotopic (exact) mass is 221 g/mol. The molecule has 0 bridgehead atoms. The molecule has 0 saturated carbocycles. The molecule has 1 fully saturated rings. The zero-order valence-corrected chi connectivity index (χ0v) is 9.65. The summed E-state index contributed by atoms with van der Waals surface area (Å²) in [5.41, 5.74) is 13.8. The topological polar surface area (TPSA) is 64.5 Å². The Morgan fingerprint density at radius 3 is 2.81 bits per heavy atom. The number of nitrogen functional groups attached to an aromatic ring is 2. The van der Waals surface area contributed by atoms with Gasteiger partial charge >= 0.3 is 0 Å². The van der Waals surface area contributed by atoms with E-state index in [0.717, 1.165) is 25.3 Å². The van der Waals surface area contributed by atoms with Crippen molar-refractivity contribution < 1.29 is 4.74 Å². The fraction of sp³-hybridized carbons (Fsp3) is 0.500. The molecule has 0 spiro atoms. The number of ether oxygens (including phenoxy) is 1. The van der Waals surface area contributed by atoms with Gasteiger partial charge in [-0.3, -0.25) is 0 Å². The summed E-state index contributed by atoms with van der Waals surface area (Å²) >= 11 is 0. The molecule has 0 aromatic heterocycles. The van der Waals surface area contributed by atoms with E-state index in [0.29, 0.717) is 17.5 Å². The van der Waals surface area contributed by atoms with Crippen molar-refractivity contribution in [1.29, 1.82) is 0 Å². The summed E-state index contributed by atoms with van der Waals surface area (Å²) in [6.07, 6.45) is 2.67. The number of rotatable bonds is 3. The third kappa shape index (κ3) is 2.39. The van der Waals surface area contributed by atoms with E-state index in [9.17, 15) is 0 Å². The Morgan fingerprint density at radius 1 is 1.38 bits per heavy atom. The minimum Gasteiger partial charge on any atom is -0.397 e. The molecule has 1 unspecified atom stereocenters. The summed E-state index contributed by atoms with van der Waals surface area (Å²) in [5.74, 6) is 0. The molecule has 4 heteroatoms. The number of nitrogens with zero attached hydrogens (tertiary/aromatic N) is 1. The molecular weight excluding hydrogens is 202 g/mol. The van der Waals surface area contributed by atoms with Crippen LogP contribution in [0, 0.1) is 0 Å². The molecule has 0 amide bonds. The van der Waals surface area contributed by atoms with E-state index < -0.39 is 0 Å². The number of hydrogen-bond donors (Lipinski definition) is 2. The fourth-order valence-electron chi connectivity index (χ4n) is 2.00. The first-order valence-corrected chi connectivity index (χ1v) is 5.64. The number of hydrogen-bond acceptors (Lipinski definition) is 4. The lowest BCUT2D eigenvalue weighted by atomic mass is 10.2. The average Bonchev–Trinajstić information content (AvgIpc) is 2.74. The van der Waals surface area contributed by atoms with Crippen molar-refractivity contribution in [2.75, 3.05) is 36.6 Å². The molecule has 16 heavy (non-hydrogen) atoms. The van der Waals surface area contributed by atoms with Crippen molar-refractivity contribution in [2.24, 2.45) is 0 Å². The van der Waals surface area contributed by atoms with E-state index in [4.69, 9.17) is 16.2 Å². The smallest absolute Gasteiger partial charge is 0.0750 e. The largest absolute Gasteiger partial charge is 0.397 e. The zero-order chi connectivity index (χ0) is 11.5. The van der Waals surface area contributed by atoms with Gasteiger partial charge in [0.1, 0.15) is 0 Å². The predicted molar refractivity (Wildman–Crippen MR) is 67.5 cm³/mol. The lowest BCUT2D eigenvalue weighted by Gasteiger charge is -2.23. The van der Waals surface area contributed by atoms with Gasteiger partial charge in [0.25, 0.3) is 0 Å². The molecule has 1 aromatic carbocycles. The normalized spacial score (nSPS) is 19.9. The third-order valence-corrected chi connectivity index (χ3v) is 3.01. The zero-order valence-electron chi connectivity index (χ0n) is 9.65. The van der Waals surface area contributed by atoms with Gasteiger partial charge in [-0.2, -0.15) is 0 Å². The molecule has 0 radical (unpaired) electrons. The Bertz CT molecular complexity index is 361. The maximum atomic E-state index is 5.78. The highest BCUT2D eigenvalue weighted by Gasteiger charge is 2.17. The average molecular weight is 221 g/mol. The fourth-order valence-corrected chi connectivity index (χ4v) is 2.00. The lowest BCUT2D eigenvalue weighted by Crippen LogP contribution is -2.28. The maximum Gasteiger partial charge on any atom is 0.0750 e. The van der Waals surface area contributed by atoms with Gasteiger partial charge in [-0.1, -0.05) is 0 Å². The Labute approximate surface area is 96.2 Å². The Balaban J connectivity index is 2.02. The first kappa shape index (κ1) is 11.1. The standard InChI is InChI=1S/C12H19N3O/c1-15(8-10-3-2-6-16-10)9-4-5-11(13)12(14)7-9/h4-5,7,10H,2-3,6,8,13-14H2,1H3. The SMILES string of the molecule is CN(CC1CCCO1)c1ccc(N)c(N)c1. The van der Waals surface area contributed by atoms with Crippen LogP contribution in [0.15, 0.2) is 18.2 Å². The van der Waals surface area contributed by atoms with Gasteiger partial charge in [-0.05, 0) is 31.0 Å². The molecule has 4 N–H and O–H groups in total. The van der Waals surface area contributed by atoms with Gasteiger partial charge in [-0.15, -0.1) is 0 Å². The van der Waals surface area contributed by atoms with Crippen LogP contribution in [0.25, 0.3) is 0 Å². The third-order valence-electron chi connectivity index (χ3n) is 3.01.